The van der Waals surface area contributed by atoms with Crippen LogP contribution in [-0.2, 0) is 23.0 Å². The topological polar surface area (TPSA) is 64.1 Å². The van der Waals surface area contributed by atoms with Gasteiger partial charge in [0.15, 0.2) is 5.82 Å². The Balaban J connectivity index is 1.51. The Bertz CT molecular complexity index is 1270. The number of amides is 1. The lowest BCUT2D eigenvalue weighted by Crippen LogP contribution is -2.51. The van der Waals surface area contributed by atoms with E-state index < -0.39 is 0 Å². The number of nitrogens with zero attached hydrogens (tertiary/aromatic N) is 2. The number of rotatable bonds is 5. The van der Waals surface area contributed by atoms with Crippen LogP contribution in [0.4, 0.5) is 5.82 Å². The number of carbonyl (C=O) groups is 1. The van der Waals surface area contributed by atoms with Crippen LogP contribution in [0, 0.1) is 17.8 Å². The van der Waals surface area contributed by atoms with Gasteiger partial charge in [0, 0.05) is 30.5 Å². The molecule has 0 spiro atoms. The van der Waals surface area contributed by atoms with E-state index in [1.807, 2.05) is 13.0 Å². The fourth-order valence-electron chi connectivity index (χ4n) is 6.23. The fraction of sp³-hybridized carbons (Fsp3) is 0.367. The fourth-order valence-corrected chi connectivity index (χ4v) is 6.23. The van der Waals surface area contributed by atoms with E-state index in [0.29, 0.717) is 17.3 Å². The second kappa shape index (κ2) is 9.64. The van der Waals surface area contributed by atoms with Gasteiger partial charge in [0.2, 0.25) is 0 Å². The average molecular weight is 466 g/mol. The zero-order valence-electron chi connectivity index (χ0n) is 20.4. The number of hydrogen-bond donors (Lipinski definition) is 1. The molecular weight excluding hydrogens is 434 g/mol. The lowest BCUT2D eigenvalue weighted by molar-refractivity contribution is -0.0398. The molecule has 1 aromatic heterocycles. The van der Waals surface area contributed by atoms with Gasteiger partial charge in [0.05, 0.1) is 6.20 Å². The van der Waals surface area contributed by atoms with E-state index in [-0.39, 0.29) is 16.9 Å². The number of aryl methyl sites for hydroxylation is 1. The molecule has 2 aromatic carbocycles. The maximum atomic E-state index is 12.9. The molecule has 2 aliphatic carbocycles. The van der Waals surface area contributed by atoms with Crippen molar-refractivity contribution in [2.24, 2.45) is 5.92 Å². The van der Waals surface area contributed by atoms with Crippen molar-refractivity contribution >= 4 is 11.7 Å². The summed E-state index contributed by atoms with van der Waals surface area (Å²) in [4.78, 5) is 21.1. The summed E-state index contributed by atoms with van der Waals surface area (Å²) in [6, 6.07) is 17.0. The third kappa shape index (κ3) is 4.47. The summed E-state index contributed by atoms with van der Waals surface area (Å²) in [5.41, 5.74) is 4.29. The van der Waals surface area contributed by atoms with Gasteiger partial charge in [-0.1, -0.05) is 42.3 Å². The molecule has 0 unspecified atom stereocenters. The van der Waals surface area contributed by atoms with Crippen LogP contribution in [0.2, 0.25) is 0 Å². The second-order valence-corrected chi connectivity index (χ2v) is 9.75. The van der Waals surface area contributed by atoms with Gasteiger partial charge in [-0.2, -0.15) is 0 Å². The van der Waals surface area contributed by atoms with E-state index in [0.717, 1.165) is 38.5 Å². The number of ether oxygens (including phenoxy) is 1. The van der Waals surface area contributed by atoms with Crippen molar-refractivity contribution < 1.29 is 9.53 Å². The molecule has 35 heavy (non-hydrogen) atoms. The molecule has 0 bridgehead atoms. The summed E-state index contributed by atoms with van der Waals surface area (Å²) in [5.74, 6) is 7.27. The first-order valence-electron chi connectivity index (χ1n) is 12.3. The molecular formula is C30H31N3O2. The first kappa shape index (κ1) is 23.3. The minimum absolute atomic E-state index is 0.00625. The number of aromatic nitrogens is 2. The van der Waals surface area contributed by atoms with E-state index in [9.17, 15) is 4.79 Å². The van der Waals surface area contributed by atoms with Gasteiger partial charge in [-0.25, -0.2) is 4.98 Å². The SMILES string of the molecule is CC#C[C@]1(OC)CC[C@@]2(Cc3ccccc3)c3ccc(C(=O)Nc4cnccn4)cc3CC[C@@H]2C1. The Labute approximate surface area is 207 Å². The number of hydrogen-bond acceptors (Lipinski definition) is 4. The van der Waals surface area contributed by atoms with Crippen LogP contribution in [0.25, 0.3) is 0 Å². The van der Waals surface area contributed by atoms with E-state index in [1.54, 1.807) is 25.7 Å². The smallest absolute Gasteiger partial charge is 0.256 e. The molecule has 0 saturated heterocycles. The maximum Gasteiger partial charge on any atom is 0.256 e. The first-order chi connectivity index (χ1) is 17.1. The van der Waals surface area contributed by atoms with Gasteiger partial charge in [0.1, 0.15) is 5.60 Å². The quantitative estimate of drug-likeness (QED) is 0.515. The Hall–Kier alpha value is -3.49. The predicted octanol–water partition coefficient (Wildman–Crippen LogP) is 5.36. The van der Waals surface area contributed by atoms with Crippen LogP contribution in [0.5, 0.6) is 0 Å². The monoisotopic (exact) mass is 465 g/mol. The maximum absolute atomic E-state index is 12.9. The van der Waals surface area contributed by atoms with Crippen molar-refractivity contribution in [2.45, 2.75) is 56.5 Å². The number of fused-ring (bicyclic) bond motifs is 3. The van der Waals surface area contributed by atoms with Crippen molar-refractivity contribution in [1.29, 1.82) is 0 Å². The normalized spacial score (nSPS) is 24.9. The Morgan fingerprint density at radius 3 is 2.77 bits per heavy atom. The zero-order valence-corrected chi connectivity index (χ0v) is 20.4. The summed E-state index contributed by atoms with van der Waals surface area (Å²) in [5, 5.41) is 2.86. The highest BCUT2D eigenvalue weighted by molar-refractivity contribution is 6.03. The molecule has 1 N–H and O–H groups in total. The van der Waals surface area contributed by atoms with Crippen LogP contribution in [0.3, 0.4) is 0 Å². The molecule has 2 aliphatic rings. The van der Waals surface area contributed by atoms with Gasteiger partial charge in [0.25, 0.3) is 5.91 Å². The lowest BCUT2D eigenvalue weighted by Gasteiger charge is -2.53. The number of carbonyl (C=O) groups excluding carboxylic acids is 1. The summed E-state index contributed by atoms with van der Waals surface area (Å²) < 4.78 is 6.02. The summed E-state index contributed by atoms with van der Waals surface area (Å²) in [6.07, 6.45) is 10.6. The van der Waals surface area contributed by atoms with Crippen LogP contribution < -0.4 is 5.32 Å². The molecule has 1 amide bonds. The van der Waals surface area contributed by atoms with E-state index in [1.165, 1.54) is 16.7 Å². The third-order valence-electron chi connectivity index (χ3n) is 7.91. The third-order valence-corrected chi connectivity index (χ3v) is 7.91. The minimum Gasteiger partial charge on any atom is -0.366 e. The van der Waals surface area contributed by atoms with Crippen LogP contribution in [0.1, 0.15) is 59.7 Å². The molecule has 3 atom stereocenters. The molecule has 0 aliphatic heterocycles. The molecule has 1 fully saturated rings. The van der Waals surface area contributed by atoms with Gasteiger partial charge in [-0.05, 0) is 80.2 Å². The predicted molar refractivity (Wildman–Crippen MR) is 137 cm³/mol. The van der Waals surface area contributed by atoms with Crippen LogP contribution in [0.15, 0.2) is 67.1 Å². The Kier molecular flexibility index (Phi) is 6.40. The highest BCUT2D eigenvalue weighted by Crippen LogP contribution is 2.55. The molecule has 0 radical (unpaired) electrons. The van der Waals surface area contributed by atoms with Gasteiger partial charge < -0.3 is 10.1 Å². The van der Waals surface area contributed by atoms with Gasteiger partial charge in [-0.15, -0.1) is 5.92 Å². The van der Waals surface area contributed by atoms with Crippen molar-refractivity contribution in [3.63, 3.8) is 0 Å². The second-order valence-electron chi connectivity index (χ2n) is 9.75. The Morgan fingerprint density at radius 1 is 1.17 bits per heavy atom. The Morgan fingerprint density at radius 2 is 2.03 bits per heavy atom. The number of benzene rings is 2. The molecule has 5 nitrogen and oxygen atoms in total. The summed E-state index contributed by atoms with van der Waals surface area (Å²) >= 11 is 0. The largest absolute Gasteiger partial charge is 0.366 e. The van der Waals surface area contributed by atoms with Crippen molar-refractivity contribution in [3.8, 4) is 11.8 Å². The number of anilines is 1. The minimum atomic E-state index is -0.367. The van der Waals surface area contributed by atoms with Gasteiger partial charge >= 0.3 is 0 Å². The van der Waals surface area contributed by atoms with Crippen LogP contribution in [-0.4, -0.2) is 28.6 Å². The summed E-state index contributed by atoms with van der Waals surface area (Å²) in [6.45, 7) is 1.90. The van der Waals surface area contributed by atoms with E-state index in [2.05, 4.69) is 69.6 Å². The molecule has 3 aromatic rings. The highest BCUT2D eigenvalue weighted by atomic mass is 16.5. The number of methoxy groups -OCH3 is 1. The van der Waals surface area contributed by atoms with Gasteiger partial charge in [-0.3, -0.25) is 9.78 Å². The van der Waals surface area contributed by atoms with Crippen molar-refractivity contribution in [2.75, 3.05) is 12.4 Å². The molecule has 178 valence electrons. The van der Waals surface area contributed by atoms with E-state index >= 15 is 0 Å². The zero-order chi connectivity index (χ0) is 24.3. The molecule has 5 rings (SSSR count). The standard InChI is InChI=1S/C30H31N3O2/c1-3-13-29(35-2)14-15-30(19-22-7-5-4-6-8-22)25(20-29)11-9-23-18-24(10-12-26(23)30)28(34)33-27-21-31-16-17-32-27/h4-8,10,12,16-18,21,25H,9,11,14-15,19-20H2,1-2H3,(H,32,33,34)/t25-,29+,30+/m1/s1. The lowest BCUT2D eigenvalue weighted by atomic mass is 9.52. The number of nitrogens with one attached hydrogen (secondary N) is 1. The van der Waals surface area contributed by atoms with E-state index in [4.69, 9.17) is 4.74 Å². The molecule has 1 heterocycles. The average Bonchev–Trinajstić information content (AvgIpc) is 2.90. The van der Waals surface area contributed by atoms with Crippen LogP contribution >= 0.6 is 0 Å². The molecule has 5 heteroatoms. The first-order valence-corrected chi connectivity index (χ1v) is 12.3. The summed E-state index contributed by atoms with van der Waals surface area (Å²) in [7, 11) is 1.80. The van der Waals surface area contributed by atoms with Crippen molar-refractivity contribution in [1.82, 2.24) is 9.97 Å². The molecule has 1 saturated carbocycles. The van der Waals surface area contributed by atoms with Crippen molar-refractivity contribution in [3.05, 3.63) is 89.4 Å². The highest BCUT2D eigenvalue weighted by Gasteiger charge is 2.52.